The van der Waals surface area contributed by atoms with Crippen molar-refractivity contribution in [2.75, 3.05) is 18.7 Å². The molecule has 0 saturated carbocycles. The lowest BCUT2D eigenvalue weighted by Crippen LogP contribution is -2.32. The maximum Gasteiger partial charge on any atom is 0.263 e. The van der Waals surface area contributed by atoms with Gasteiger partial charge in [-0.05, 0) is 19.1 Å². The molecule has 142 valence electrons. The molecule has 0 bridgehead atoms. The number of nitrogens with one attached hydrogen (secondary N) is 2. The maximum absolute atomic E-state index is 12.5. The van der Waals surface area contributed by atoms with Gasteiger partial charge in [0, 0.05) is 17.3 Å². The number of nitrogens with zero attached hydrogens (tertiary/aromatic N) is 1. The van der Waals surface area contributed by atoms with Gasteiger partial charge in [-0.15, -0.1) is 11.3 Å². The first-order valence-corrected chi connectivity index (χ1v) is 9.42. The second kappa shape index (κ2) is 7.69. The van der Waals surface area contributed by atoms with Crippen molar-refractivity contribution in [1.82, 2.24) is 10.3 Å². The van der Waals surface area contributed by atoms with E-state index in [-0.39, 0.29) is 25.2 Å². The third kappa shape index (κ3) is 3.81. The minimum atomic E-state index is -0.335. The van der Waals surface area contributed by atoms with Crippen LogP contribution in [0.4, 0.5) is 5.69 Å². The van der Waals surface area contributed by atoms with Gasteiger partial charge in [-0.3, -0.25) is 9.59 Å². The van der Waals surface area contributed by atoms with Crippen LogP contribution in [0.3, 0.4) is 0 Å². The van der Waals surface area contributed by atoms with Gasteiger partial charge >= 0.3 is 0 Å². The fourth-order valence-electron chi connectivity index (χ4n) is 2.73. The van der Waals surface area contributed by atoms with Crippen LogP contribution < -0.4 is 20.1 Å². The second-order valence-electron chi connectivity index (χ2n) is 6.10. The van der Waals surface area contributed by atoms with Crippen LogP contribution in [0.1, 0.15) is 15.4 Å². The molecule has 0 aliphatic carbocycles. The summed E-state index contributed by atoms with van der Waals surface area (Å²) in [7, 11) is 0. The van der Waals surface area contributed by atoms with Gasteiger partial charge in [0.2, 0.25) is 12.7 Å². The molecule has 2 aromatic carbocycles. The number of hydrogen-bond donors (Lipinski definition) is 2. The van der Waals surface area contributed by atoms with Crippen LogP contribution in [-0.2, 0) is 4.79 Å². The number of aromatic nitrogens is 1. The van der Waals surface area contributed by atoms with Gasteiger partial charge < -0.3 is 20.1 Å². The van der Waals surface area contributed by atoms with Crippen LogP contribution >= 0.6 is 11.3 Å². The van der Waals surface area contributed by atoms with Crippen molar-refractivity contribution >= 4 is 28.8 Å². The van der Waals surface area contributed by atoms with Crippen LogP contribution in [0.2, 0.25) is 0 Å². The standard InChI is InChI=1S/C20H17N3O4S/c1-12-18(28-20(22-12)13-5-3-2-4-6-13)19(25)21-10-17(24)23-14-7-8-15-16(9-14)27-11-26-15/h2-9H,10-11H2,1H3,(H,21,25)(H,23,24). The molecule has 28 heavy (non-hydrogen) atoms. The number of carbonyl (C=O) groups excluding carboxylic acids is 2. The van der Waals surface area contributed by atoms with Crippen LogP contribution in [0.25, 0.3) is 10.6 Å². The molecule has 2 N–H and O–H groups in total. The summed E-state index contributed by atoms with van der Waals surface area (Å²) in [5, 5.41) is 6.13. The minimum Gasteiger partial charge on any atom is -0.454 e. The van der Waals surface area contributed by atoms with E-state index in [4.69, 9.17) is 9.47 Å². The summed E-state index contributed by atoms with van der Waals surface area (Å²) in [5.74, 6) is 0.562. The predicted molar refractivity (Wildman–Crippen MR) is 106 cm³/mol. The van der Waals surface area contributed by atoms with Crippen molar-refractivity contribution < 1.29 is 19.1 Å². The van der Waals surface area contributed by atoms with E-state index in [0.29, 0.717) is 27.8 Å². The molecule has 1 aliphatic heterocycles. The smallest absolute Gasteiger partial charge is 0.263 e. The van der Waals surface area contributed by atoms with E-state index in [1.54, 1.807) is 25.1 Å². The first-order valence-electron chi connectivity index (χ1n) is 8.61. The highest BCUT2D eigenvalue weighted by molar-refractivity contribution is 7.17. The third-order valence-electron chi connectivity index (χ3n) is 4.09. The molecular weight excluding hydrogens is 378 g/mol. The fraction of sp³-hybridized carbons (Fsp3) is 0.150. The topological polar surface area (TPSA) is 89.6 Å². The summed E-state index contributed by atoms with van der Waals surface area (Å²) in [5.41, 5.74) is 2.16. The van der Waals surface area contributed by atoms with E-state index in [1.165, 1.54) is 11.3 Å². The number of anilines is 1. The number of ether oxygens (including phenoxy) is 2. The Balaban J connectivity index is 1.36. The average molecular weight is 395 g/mol. The molecule has 0 unspecified atom stereocenters. The molecule has 0 spiro atoms. The van der Waals surface area contributed by atoms with E-state index in [0.717, 1.165) is 10.6 Å². The molecule has 2 heterocycles. The molecular formula is C20H17N3O4S. The highest BCUT2D eigenvalue weighted by atomic mass is 32.1. The molecule has 4 rings (SSSR count). The van der Waals surface area contributed by atoms with E-state index in [1.807, 2.05) is 30.3 Å². The summed E-state index contributed by atoms with van der Waals surface area (Å²) >= 11 is 1.30. The first kappa shape index (κ1) is 18.0. The predicted octanol–water partition coefficient (Wildman–Crippen LogP) is 3.22. The zero-order chi connectivity index (χ0) is 19.5. The molecule has 1 aliphatic rings. The Morgan fingerprint density at radius 3 is 2.71 bits per heavy atom. The SMILES string of the molecule is Cc1nc(-c2ccccc2)sc1C(=O)NCC(=O)Nc1ccc2c(c1)OCO2. The van der Waals surface area contributed by atoms with Crippen molar-refractivity contribution in [3.8, 4) is 22.1 Å². The Hall–Kier alpha value is -3.39. The van der Waals surface area contributed by atoms with Crippen LogP contribution in [0, 0.1) is 6.92 Å². The van der Waals surface area contributed by atoms with Gasteiger partial charge in [0.05, 0.1) is 12.2 Å². The molecule has 7 nitrogen and oxygen atoms in total. The number of thiazole rings is 1. The van der Waals surface area contributed by atoms with Gasteiger partial charge in [0.15, 0.2) is 11.5 Å². The van der Waals surface area contributed by atoms with Crippen molar-refractivity contribution in [3.63, 3.8) is 0 Å². The third-order valence-corrected chi connectivity index (χ3v) is 5.29. The lowest BCUT2D eigenvalue weighted by molar-refractivity contribution is -0.115. The average Bonchev–Trinajstić information content (AvgIpc) is 3.33. The van der Waals surface area contributed by atoms with Crippen LogP contribution in [-0.4, -0.2) is 30.1 Å². The Bertz CT molecular complexity index is 1030. The molecule has 3 aromatic rings. The fourth-order valence-corrected chi connectivity index (χ4v) is 3.72. The lowest BCUT2D eigenvalue weighted by Gasteiger charge is -2.07. The quantitative estimate of drug-likeness (QED) is 0.692. The summed E-state index contributed by atoms with van der Waals surface area (Å²) in [6, 6.07) is 14.8. The zero-order valence-corrected chi connectivity index (χ0v) is 15.8. The summed E-state index contributed by atoms with van der Waals surface area (Å²) in [4.78, 5) is 29.6. The number of aryl methyl sites for hydroxylation is 1. The summed E-state index contributed by atoms with van der Waals surface area (Å²) < 4.78 is 10.5. The van der Waals surface area contributed by atoms with E-state index >= 15 is 0 Å². The normalized spacial score (nSPS) is 11.9. The molecule has 0 saturated heterocycles. The molecule has 0 atom stereocenters. The lowest BCUT2D eigenvalue weighted by atomic mass is 10.2. The minimum absolute atomic E-state index is 0.148. The molecule has 1 aromatic heterocycles. The maximum atomic E-state index is 12.5. The van der Waals surface area contributed by atoms with Crippen molar-refractivity contribution in [2.24, 2.45) is 0 Å². The summed E-state index contributed by atoms with van der Waals surface area (Å²) in [6.45, 7) is 1.80. The van der Waals surface area contributed by atoms with E-state index in [2.05, 4.69) is 15.6 Å². The number of amides is 2. The van der Waals surface area contributed by atoms with Crippen LogP contribution in [0.15, 0.2) is 48.5 Å². The highest BCUT2D eigenvalue weighted by Crippen LogP contribution is 2.34. The van der Waals surface area contributed by atoms with Crippen molar-refractivity contribution in [1.29, 1.82) is 0 Å². The highest BCUT2D eigenvalue weighted by Gasteiger charge is 2.18. The zero-order valence-electron chi connectivity index (χ0n) is 15.0. The van der Waals surface area contributed by atoms with Gasteiger partial charge in [-0.1, -0.05) is 30.3 Å². The molecule has 8 heteroatoms. The Kier molecular flexibility index (Phi) is 4.94. The van der Waals surface area contributed by atoms with Crippen molar-refractivity contribution in [3.05, 3.63) is 59.1 Å². The number of benzene rings is 2. The number of fused-ring (bicyclic) bond motifs is 1. The Morgan fingerprint density at radius 1 is 1.11 bits per heavy atom. The van der Waals surface area contributed by atoms with E-state index in [9.17, 15) is 9.59 Å². The van der Waals surface area contributed by atoms with Crippen LogP contribution in [0.5, 0.6) is 11.5 Å². The van der Waals surface area contributed by atoms with Gasteiger partial charge in [0.25, 0.3) is 5.91 Å². The van der Waals surface area contributed by atoms with Crippen molar-refractivity contribution in [2.45, 2.75) is 6.92 Å². The Labute approximate surface area is 165 Å². The largest absolute Gasteiger partial charge is 0.454 e. The van der Waals surface area contributed by atoms with E-state index < -0.39 is 0 Å². The molecule has 0 fully saturated rings. The summed E-state index contributed by atoms with van der Waals surface area (Å²) in [6.07, 6.45) is 0. The molecule has 0 radical (unpaired) electrons. The number of carbonyl (C=O) groups is 2. The second-order valence-corrected chi connectivity index (χ2v) is 7.10. The van der Waals surface area contributed by atoms with Gasteiger partial charge in [-0.2, -0.15) is 0 Å². The Morgan fingerprint density at radius 2 is 1.89 bits per heavy atom. The monoisotopic (exact) mass is 395 g/mol. The molecule has 2 amide bonds. The number of hydrogen-bond acceptors (Lipinski definition) is 6. The number of rotatable bonds is 5. The first-order chi connectivity index (χ1) is 13.6. The van der Waals surface area contributed by atoms with Gasteiger partial charge in [0.1, 0.15) is 9.88 Å². The van der Waals surface area contributed by atoms with Gasteiger partial charge in [-0.25, -0.2) is 4.98 Å².